The molecule has 0 aromatic heterocycles. The van der Waals surface area contributed by atoms with Gasteiger partial charge in [-0.15, -0.1) is 0 Å². The summed E-state index contributed by atoms with van der Waals surface area (Å²) in [6, 6.07) is 0. The summed E-state index contributed by atoms with van der Waals surface area (Å²) in [5.74, 6) is -1.72. The second kappa shape index (κ2) is 18.5. The zero-order valence-corrected chi connectivity index (χ0v) is 15.4. The molecule has 160 valence electrons. The van der Waals surface area contributed by atoms with E-state index >= 15 is 0 Å². The van der Waals surface area contributed by atoms with E-state index in [9.17, 15) is 25.2 Å². The van der Waals surface area contributed by atoms with Crippen LogP contribution >= 0.6 is 0 Å². The number of aliphatic hydroxyl groups is 6. The van der Waals surface area contributed by atoms with Crippen LogP contribution in [0.15, 0.2) is 0 Å². The molecule has 0 saturated heterocycles. The fourth-order valence-electron chi connectivity index (χ4n) is 2.81. The summed E-state index contributed by atoms with van der Waals surface area (Å²) in [6.07, 6.45) is 1.12. The van der Waals surface area contributed by atoms with E-state index in [0.717, 1.165) is 44.9 Å². The van der Waals surface area contributed by atoms with Crippen LogP contribution in [-0.4, -0.2) is 117 Å². The number of hydrogen-bond acceptors (Lipinski definition) is 7. The van der Waals surface area contributed by atoms with Gasteiger partial charge in [-0.2, -0.15) is 0 Å². The summed E-state index contributed by atoms with van der Waals surface area (Å²) in [4.78, 5) is 10.5. The average molecular weight is 423 g/mol. The van der Waals surface area contributed by atoms with Crippen molar-refractivity contribution in [3.05, 3.63) is 0 Å². The fourth-order valence-corrected chi connectivity index (χ4v) is 2.81. The van der Waals surface area contributed by atoms with E-state index < -0.39 is 36.5 Å². The maximum atomic E-state index is 10.5. The van der Waals surface area contributed by atoms with Crippen molar-refractivity contribution in [2.45, 2.75) is 101 Å². The number of rotatable bonds is 17. The Labute approximate surface area is 191 Å². The third kappa shape index (κ3) is 14.2. The van der Waals surface area contributed by atoms with E-state index in [4.69, 9.17) is 15.3 Å². The van der Waals surface area contributed by atoms with E-state index in [1.54, 1.807) is 0 Å². The molecule has 7 N–H and O–H groups in total. The predicted octanol–water partition coefficient (Wildman–Crippen LogP) is -0.757. The SMILES string of the molecule is O=C(O)C(O)C(O)C(O)C(O)C(O)CCCCCCCCCCCCO.[CaH2]. The first-order valence-corrected chi connectivity index (χ1v) is 9.57. The van der Waals surface area contributed by atoms with Crippen LogP contribution in [0.3, 0.4) is 0 Å². The Bertz CT molecular complexity index is 358. The second-order valence-electron chi connectivity index (χ2n) is 6.87. The van der Waals surface area contributed by atoms with Gasteiger partial charge < -0.3 is 35.7 Å². The molecule has 0 aromatic rings. The molecule has 0 heterocycles. The normalized spacial score (nSPS) is 16.8. The van der Waals surface area contributed by atoms with E-state index in [1.807, 2.05) is 0 Å². The van der Waals surface area contributed by atoms with Crippen LogP contribution in [0, 0.1) is 0 Å². The van der Waals surface area contributed by atoms with Crippen LogP contribution in [-0.2, 0) is 4.79 Å². The van der Waals surface area contributed by atoms with Crippen LogP contribution in [0.25, 0.3) is 0 Å². The Kier molecular flexibility index (Phi) is 20.4. The summed E-state index contributed by atoms with van der Waals surface area (Å²) < 4.78 is 0. The van der Waals surface area contributed by atoms with Gasteiger partial charge in [0, 0.05) is 6.61 Å². The maximum absolute atomic E-state index is 10.5. The van der Waals surface area contributed by atoms with Crippen molar-refractivity contribution < 1.29 is 40.5 Å². The van der Waals surface area contributed by atoms with E-state index in [1.165, 1.54) is 12.8 Å². The van der Waals surface area contributed by atoms with Crippen LogP contribution in [0.2, 0.25) is 0 Å². The van der Waals surface area contributed by atoms with Gasteiger partial charge in [0.1, 0.15) is 18.3 Å². The molecule has 0 aliphatic heterocycles. The molecule has 0 fully saturated rings. The predicted molar refractivity (Wildman–Crippen MR) is 104 cm³/mol. The summed E-state index contributed by atoms with van der Waals surface area (Å²) >= 11 is 0. The Morgan fingerprint density at radius 2 is 1.04 bits per heavy atom. The van der Waals surface area contributed by atoms with E-state index in [0.29, 0.717) is 6.42 Å². The molecule has 27 heavy (non-hydrogen) atoms. The van der Waals surface area contributed by atoms with Gasteiger partial charge in [-0.05, 0) is 12.8 Å². The third-order valence-corrected chi connectivity index (χ3v) is 4.58. The van der Waals surface area contributed by atoms with Crippen molar-refractivity contribution in [1.82, 2.24) is 0 Å². The molecule has 0 saturated carbocycles. The fraction of sp³-hybridized carbons (Fsp3) is 0.944. The average Bonchev–Trinajstić information content (AvgIpc) is 2.63. The van der Waals surface area contributed by atoms with Crippen molar-refractivity contribution in [1.29, 1.82) is 0 Å². The van der Waals surface area contributed by atoms with Crippen LogP contribution in [0.5, 0.6) is 0 Å². The molecule has 5 unspecified atom stereocenters. The monoisotopic (exact) mass is 422 g/mol. The molecule has 0 amide bonds. The van der Waals surface area contributed by atoms with Gasteiger partial charge in [0.2, 0.25) is 0 Å². The van der Waals surface area contributed by atoms with Gasteiger partial charge in [-0.25, -0.2) is 4.79 Å². The standard InChI is InChI=1S/C18H36O8.Ca.2H/c19-12-10-8-6-4-2-1-3-5-7-9-11-13(20)14(21)15(22)16(23)17(24)18(25)26;;;/h13-17,19-24H,1-12H2,(H,25,26);;;. The minimum absolute atomic E-state index is 0. The van der Waals surface area contributed by atoms with Crippen LogP contribution in [0.1, 0.15) is 70.6 Å². The molecule has 0 aromatic carbocycles. The first kappa shape index (κ1) is 29.7. The van der Waals surface area contributed by atoms with Crippen molar-refractivity contribution in [3.8, 4) is 0 Å². The van der Waals surface area contributed by atoms with Crippen molar-refractivity contribution >= 4 is 43.7 Å². The van der Waals surface area contributed by atoms with Crippen molar-refractivity contribution in [2.75, 3.05) is 6.61 Å². The molecule has 5 atom stereocenters. The summed E-state index contributed by atoms with van der Waals surface area (Å²) in [7, 11) is 0. The third-order valence-electron chi connectivity index (χ3n) is 4.58. The van der Waals surface area contributed by atoms with Crippen LogP contribution < -0.4 is 0 Å². The number of carbonyl (C=O) groups is 1. The Hall–Kier alpha value is 0.490. The number of carboxylic acids is 1. The summed E-state index contributed by atoms with van der Waals surface area (Å²) in [5.41, 5.74) is 0. The molecule has 9 heteroatoms. The Morgan fingerprint density at radius 3 is 1.44 bits per heavy atom. The summed E-state index contributed by atoms with van der Waals surface area (Å²) in [6.45, 7) is 0.261. The molecule has 8 nitrogen and oxygen atoms in total. The van der Waals surface area contributed by atoms with Gasteiger partial charge >= 0.3 is 43.7 Å². The first-order chi connectivity index (χ1) is 12.3. The molecule has 0 radical (unpaired) electrons. The van der Waals surface area contributed by atoms with E-state index in [-0.39, 0.29) is 50.8 Å². The molecule has 0 bridgehead atoms. The number of hydrogen-bond donors (Lipinski definition) is 7. The molecule has 0 spiro atoms. The zero-order valence-electron chi connectivity index (χ0n) is 15.4. The summed E-state index contributed by atoms with van der Waals surface area (Å²) in [5, 5.41) is 65.1. The number of aliphatic carboxylic acids is 1. The Balaban J connectivity index is 0. The number of carboxylic acid groups (broad SMARTS) is 1. The first-order valence-electron chi connectivity index (χ1n) is 9.57. The van der Waals surface area contributed by atoms with Crippen molar-refractivity contribution in [2.24, 2.45) is 0 Å². The van der Waals surface area contributed by atoms with E-state index in [2.05, 4.69) is 0 Å². The zero-order chi connectivity index (χ0) is 19.9. The minimum atomic E-state index is -2.23. The molecular formula is C18H38CaO8. The van der Waals surface area contributed by atoms with Gasteiger partial charge in [0.15, 0.2) is 6.10 Å². The van der Waals surface area contributed by atoms with Gasteiger partial charge in [-0.1, -0.05) is 57.8 Å². The van der Waals surface area contributed by atoms with Gasteiger partial charge in [-0.3, -0.25) is 0 Å². The Morgan fingerprint density at radius 1 is 0.630 bits per heavy atom. The number of aliphatic hydroxyl groups excluding tert-OH is 6. The topological polar surface area (TPSA) is 159 Å². The quantitative estimate of drug-likeness (QED) is 0.119. The van der Waals surface area contributed by atoms with Gasteiger partial charge in [0.25, 0.3) is 0 Å². The van der Waals surface area contributed by atoms with Crippen molar-refractivity contribution in [3.63, 3.8) is 0 Å². The molecule has 0 aliphatic rings. The van der Waals surface area contributed by atoms with Crippen LogP contribution in [0.4, 0.5) is 0 Å². The molecule has 0 rings (SSSR count). The molecular weight excluding hydrogens is 384 g/mol. The second-order valence-corrected chi connectivity index (χ2v) is 6.87. The number of unbranched alkanes of at least 4 members (excludes halogenated alkanes) is 9. The van der Waals surface area contributed by atoms with Gasteiger partial charge in [0.05, 0.1) is 6.10 Å². The molecule has 0 aliphatic carbocycles.